The average Bonchev–Trinajstić information content (AvgIpc) is 3.02. The van der Waals surface area contributed by atoms with Crippen LogP contribution in [0.1, 0.15) is 37.8 Å². The van der Waals surface area contributed by atoms with E-state index in [-0.39, 0.29) is 24.0 Å². The highest BCUT2D eigenvalue weighted by Crippen LogP contribution is 2.32. The molecular formula is C20H25IN2S4. The fourth-order valence-corrected chi connectivity index (χ4v) is 6.65. The molecule has 0 bridgehead atoms. The maximum absolute atomic E-state index is 5.69. The summed E-state index contributed by atoms with van der Waals surface area (Å²) in [5.74, 6) is 0. The quantitative estimate of drug-likeness (QED) is 0.215. The van der Waals surface area contributed by atoms with Gasteiger partial charge in [0.05, 0.1) is 10.6 Å². The average molecular weight is 549 g/mol. The van der Waals surface area contributed by atoms with Crippen molar-refractivity contribution in [1.82, 2.24) is 4.57 Å². The highest BCUT2D eigenvalue weighted by atomic mass is 127. The van der Waals surface area contributed by atoms with E-state index in [1.54, 1.807) is 11.3 Å². The molecule has 0 N–H and O–H groups in total. The molecule has 0 aliphatic rings. The Hall–Kier alpha value is -0.220. The van der Waals surface area contributed by atoms with Crippen LogP contribution in [-0.2, 0) is 0 Å². The summed E-state index contributed by atoms with van der Waals surface area (Å²) in [5, 5.41) is 0. The standard InChI is InChI=1S/C20H25N2S4.HI/c1-10-11(2)17(21-13(4)15(6)25-19(21)23)9-18(12(10)3)22-14(5)16(7)26-20(22)24-8;/h9H,1-8H3;1H/q+1;/p-1. The maximum Gasteiger partial charge on any atom is 0.303 e. The topological polar surface area (TPSA) is 8.81 Å². The zero-order valence-electron chi connectivity index (χ0n) is 17.0. The van der Waals surface area contributed by atoms with Crippen LogP contribution in [-0.4, -0.2) is 10.8 Å². The third kappa shape index (κ3) is 3.82. The summed E-state index contributed by atoms with van der Waals surface area (Å²) in [5.41, 5.74) is 9.01. The molecule has 7 heteroatoms. The van der Waals surface area contributed by atoms with Crippen molar-refractivity contribution >= 4 is 46.7 Å². The van der Waals surface area contributed by atoms with Gasteiger partial charge >= 0.3 is 4.34 Å². The first-order valence-electron chi connectivity index (χ1n) is 8.55. The third-order valence-electron chi connectivity index (χ3n) is 5.36. The molecule has 0 unspecified atom stereocenters. The molecule has 0 saturated carbocycles. The number of hydrogen-bond donors (Lipinski definition) is 0. The summed E-state index contributed by atoms with van der Waals surface area (Å²) in [6.07, 6.45) is 2.15. The molecule has 2 heterocycles. The minimum atomic E-state index is 0. The minimum absolute atomic E-state index is 0. The molecule has 0 aliphatic carbocycles. The van der Waals surface area contributed by atoms with Crippen molar-refractivity contribution < 1.29 is 28.5 Å². The van der Waals surface area contributed by atoms with Crippen molar-refractivity contribution in [3.05, 3.63) is 47.9 Å². The molecule has 3 aromatic rings. The second kappa shape index (κ2) is 8.65. The molecule has 27 heavy (non-hydrogen) atoms. The van der Waals surface area contributed by atoms with E-state index in [1.807, 2.05) is 23.1 Å². The van der Waals surface area contributed by atoms with Crippen LogP contribution in [0.15, 0.2) is 10.4 Å². The zero-order valence-corrected chi connectivity index (χ0v) is 22.4. The van der Waals surface area contributed by atoms with Crippen LogP contribution < -0.4 is 28.5 Å². The van der Waals surface area contributed by atoms with Crippen LogP contribution in [0, 0.1) is 52.4 Å². The van der Waals surface area contributed by atoms with Crippen LogP contribution >= 0.6 is 46.7 Å². The smallest absolute Gasteiger partial charge is 0.303 e. The van der Waals surface area contributed by atoms with E-state index in [1.165, 1.54) is 53.5 Å². The highest BCUT2D eigenvalue weighted by Gasteiger charge is 2.27. The van der Waals surface area contributed by atoms with E-state index in [2.05, 4.69) is 69.9 Å². The van der Waals surface area contributed by atoms with Gasteiger partial charge in [0.15, 0.2) is 9.65 Å². The number of halogens is 1. The molecule has 0 atom stereocenters. The molecular weight excluding hydrogens is 523 g/mol. The van der Waals surface area contributed by atoms with Crippen molar-refractivity contribution in [3.63, 3.8) is 0 Å². The Bertz CT molecular complexity index is 1070. The van der Waals surface area contributed by atoms with Crippen LogP contribution in [0.5, 0.6) is 0 Å². The summed E-state index contributed by atoms with van der Waals surface area (Å²) in [6, 6.07) is 2.32. The van der Waals surface area contributed by atoms with Gasteiger partial charge in [0.2, 0.25) is 5.69 Å². The van der Waals surface area contributed by atoms with Crippen molar-refractivity contribution in [1.29, 1.82) is 0 Å². The number of aromatic nitrogens is 2. The molecule has 0 aliphatic heterocycles. The molecule has 2 nitrogen and oxygen atoms in total. The predicted octanol–water partition coefficient (Wildman–Crippen LogP) is 3.49. The Morgan fingerprint density at radius 2 is 1.56 bits per heavy atom. The SMILES string of the molecule is CSc1sc(C)c(C)[n+]1-c1cc(-n2c(C)c(C)sc2=S)c(C)c(C)c1C.[I-]. The van der Waals surface area contributed by atoms with E-state index in [9.17, 15) is 0 Å². The fourth-order valence-electron chi connectivity index (χ4n) is 3.26. The number of benzene rings is 1. The van der Waals surface area contributed by atoms with Gasteiger partial charge in [0, 0.05) is 29.1 Å². The summed E-state index contributed by atoms with van der Waals surface area (Å²) < 4.78 is 6.90. The second-order valence-electron chi connectivity index (χ2n) is 6.68. The largest absolute Gasteiger partial charge is 1.00 e. The van der Waals surface area contributed by atoms with Gasteiger partial charge in [-0.05, 0) is 82.9 Å². The Labute approximate surface area is 196 Å². The van der Waals surface area contributed by atoms with Gasteiger partial charge < -0.3 is 24.0 Å². The van der Waals surface area contributed by atoms with Gasteiger partial charge in [-0.3, -0.25) is 4.57 Å². The fraction of sp³-hybridized carbons (Fsp3) is 0.400. The molecule has 1 aromatic carbocycles. The van der Waals surface area contributed by atoms with E-state index in [4.69, 9.17) is 12.2 Å². The van der Waals surface area contributed by atoms with E-state index in [0.29, 0.717) is 0 Å². The maximum atomic E-state index is 5.69. The Morgan fingerprint density at radius 3 is 2.07 bits per heavy atom. The lowest BCUT2D eigenvalue weighted by Gasteiger charge is -2.16. The van der Waals surface area contributed by atoms with Crippen LogP contribution in [0.25, 0.3) is 11.4 Å². The minimum Gasteiger partial charge on any atom is -1.00 e. The van der Waals surface area contributed by atoms with E-state index in [0.717, 1.165) is 3.95 Å². The molecule has 0 radical (unpaired) electrons. The highest BCUT2D eigenvalue weighted by molar-refractivity contribution is 8.00. The molecule has 0 saturated heterocycles. The van der Waals surface area contributed by atoms with Crippen molar-refractivity contribution in [2.45, 2.75) is 52.8 Å². The summed E-state index contributed by atoms with van der Waals surface area (Å²) in [7, 11) is 0. The van der Waals surface area contributed by atoms with Gasteiger partial charge in [0.1, 0.15) is 0 Å². The first-order chi connectivity index (χ1) is 12.2. The summed E-state index contributed by atoms with van der Waals surface area (Å²) in [6.45, 7) is 15.4. The molecule has 0 fully saturated rings. The molecule has 2 aromatic heterocycles. The number of thiazole rings is 2. The molecule has 3 rings (SSSR count). The lowest BCUT2D eigenvalue weighted by molar-refractivity contribution is -0.635. The first-order valence-corrected chi connectivity index (χ1v) is 11.8. The van der Waals surface area contributed by atoms with Crippen LogP contribution in [0.2, 0.25) is 0 Å². The van der Waals surface area contributed by atoms with Crippen LogP contribution in [0.4, 0.5) is 0 Å². The third-order valence-corrected chi connectivity index (χ3v) is 8.99. The lowest BCUT2D eigenvalue weighted by Crippen LogP contribution is -3.00. The van der Waals surface area contributed by atoms with Gasteiger partial charge in [-0.2, -0.15) is 0 Å². The Kier molecular flexibility index (Phi) is 7.39. The van der Waals surface area contributed by atoms with E-state index >= 15 is 0 Å². The van der Waals surface area contributed by atoms with Gasteiger partial charge in [-0.15, -0.1) is 15.9 Å². The number of nitrogens with zero attached hydrogens (tertiary/aromatic N) is 2. The number of aryl methyl sites for hydroxylation is 2. The Balaban J connectivity index is 0.00000261. The number of hydrogen-bond acceptors (Lipinski definition) is 4. The lowest BCUT2D eigenvalue weighted by atomic mass is 9.99. The Morgan fingerprint density at radius 1 is 0.926 bits per heavy atom. The molecule has 146 valence electrons. The summed E-state index contributed by atoms with van der Waals surface area (Å²) in [4.78, 5) is 2.65. The number of rotatable bonds is 3. The van der Waals surface area contributed by atoms with Crippen molar-refractivity contribution in [2.75, 3.05) is 6.26 Å². The van der Waals surface area contributed by atoms with Crippen molar-refractivity contribution in [2.24, 2.45) is 0 Å². The van der Waals surface area contributed by atoms with Gasteiger partial charge in [0.25, 0.3) is 0 Å². The van der Waals surface area contributed by atoms with Gasteiger partial charge in [-0.1, -0.05) is 11.3 Å². The molecule has 0 spiro atoms. The van der Waals surface area contributed by atoms with Crippen molar-refractivity contribution in [3.8, 4) is 11.4 Å². The first kappa shape index (κ1) is 23.1. The second-order valence-corrected chi connectivity index (χ2v) is 10.8. The molecule has 0 amide bonds. The predicted molar refractivity (Wildman–Crippen MR) is 119 cm³/mol. The number of thioether (sulfide) groups is 1. The van der Waals surface area contributed by atoms with Crippen LogP contribution in [0.3, 0.4) is 0 Å². The normalized spacial score (nSPS) is 11.0. The monoisotopic (exact) mass is 548 g/mol. The van der Waals surface area contributed by atoms with E-state index < -0.39 is 0 Å². The van der Waals surface area contributed by atoms with Gasteiger partial charge in [-0.25, -0.2) is 0 Å². The zero-order chi connectivity index (χ0) is 19.3. The summed E-state index contributed by atoms with van der Waals surface area (Å²) >= 11 is 11.1.